The molecule has 5 aromatic carbocycles. The maximum atomic E-state index is 4.92. The van der Waals surface area contributed by atoms with Crippen LogP contribution < -0.4 is 0 Å². The first-order valence-electron chi connectivity index (χ1n) is 15.3. The third-order valence-electron chi connectivity index (χ3n) is 8.30. The van der Waals surface area contributed by atoms with Gasteiger partial charge in [0.15, 0.2) is 17.5 Å². The van der Waals surface area contributed by atoms with Crippen LogP contribution in [0.4, 0.5) is 0 Å². The van der Waals surface area contributed by atoms with Gasteiger partial charge < -0.3 is 0 Å². The molecular weight excluding hydrogens is 597 g/mol. The Kier molecular flexibility index (Phi) is 6.54. The highest BCUT2D eigenvalue weighted by molar-refractivity contribution is 7.25. The average molecular weight is 621 g/mol. The molecule has 4 aromatic heterocycles. The van der Waals surface area contributed by atoms with Crippen molar-refractivity contribution in [3.63, 3.8) is 0 Å². The molecule has 7 heteroatoms. The summed E-state index contributed by atoms with van der Waals surface area (Å²) in [5.41, 5.74) is 7.42. The van der Waals surface area contributed by atoms with Crippen LogP contribution in [-0.4, -0.2) is 29.9 Å². The Morgan fingerprint density at radius 2 is 1.04 bits per heavy atom. The van der Waals surface area contributed by atoms with Crippen LogP contribution in [-0.2, 0) is 0 Å². The standard InChI is InChI=1S/C40H24N6S/c1-3-10-25(11-4-1)38-44-39(26-12-5-2-6-13-26)46-40(45-38)29-15-9-14-27(22-29)28-18-19-30-32(23-28)42-24-43-36(30)37-35-31-16-7-8-17-33(31)47-34(35)20-21-41-37/h1-24H. The molecule has 0 amide bonds. The number of thiophene rings is 1. The van der Waals surface area contributed by atoms with Crippen LogP contribution in [0.1, 0.15) is 0 Å². The van der Waals surface area contributed by atoms with Gasteiger partial charge in [0.1, 0.15) is 12.0 Å². The zero-order valence-corrected chi connectivity index (χ0v) is 25.8. The van der Waals surface area contributed by atoms with Gasteiger partial charge >= 0.3 is 0 Å². The fraction of sp³-hybridized carbons (Fsp3) is 0. The second kappa shape index (κ2) is 11.3. The highest BCUT2D eigenvalue weighted by atomic mass is 32.1. The summed E-state index contributed by atoms with van der Waals surface area (Å²) in [6, 6.07) is 45.2. The molecule has 9 rings (SSSR count). The molecule has 0 unspecified atom stereocenters. The molecule has 0 radical (unpaired) electrons. The van der Waals surface area contributed by atoms with Gasteiger partial charge in [-0.15, -0.1) is 11.3 Å². The molecule has 0 spiro atoms. The quantitative estimate of drug-likeness (QED) is 0.191. The Morgan fingerprint density at radius 1 is 0.404 bits per heavy atom. The Labute approximate surface area is 274 Å². The smallest absolute Gasteiger partial charge is 0.164 e. The summed E-state index contributed by atoms with van der Waals surface area (Å²) in [7, 11) is 0. The molecule has 0 atom stereocenters. The number of benzene rings is 5. The molecule has 0 aliphatic carbocycles. The lowest BCUT2D eigenvalue weighted by molar-refractivity contribution is 1.07. The summed E-state index contributed by atoms with van der Waals surface area (Å²) in [5, 5.41) is 3.28. The molecule has 6 nitrogen and oxygen atoms in total. The van der Waals surface area contributed by atoms with Crippen molar-refractivity contribution in [2.75, 3.05) is 0 Å². The van der Waals surface area contributed by atoms with E-state index in [1.807, 2.05) is 79.0 Å². The van der Waals surface area contributed by atoms with Crippen molar-refractivity contribution in [1.29, 1.82) is 0 Å². The lowest BCUT2D eigenvalue weighted by Gasteiger charge is -2.11. The van der Waals surface area contributed by atoms with Crippen LogP contribution in [0.5, 0.6) is 0 Å². The number of hydrogen-bond donors (Lipinski definition) is 0. The third-order valence-corrected chi connectivity index (χ3v) is 9.44. The molecule has 0 bridgehead atoms. The monoisotopic (exact) mass is 620 g/mol. The summed E-state index contributed by atoms with van der Waals surface area (Å²) in [6.45, 7) is 0. The van der Waals surface area contributed by atoms with Crippen LogP contribution in [0.25, 0.3) is 87.8 Å². The molecule has 0 N–H and O–H groups in total. The van der Waals surface area contributed by atoms with Crippen molar-refractivity contribution < 1.29 is 0 Å². The SMILES string of the molecule is c1ccc(-c2nc(-c3ccccc3)nc(-c3cccc(-c4ccc5c(-c6nccc7sc8ccccc8c67)ncnc5c4)c3)n2)cc1. The number of hydrogen-bond acceptors (Lipinski definition) is 7. The molecule has 0 aliphatic rings. The molecular formula is C40H24N6S. The molecule has 220 valence electrons. The molecule has 4 heterocycles. The summed E-state index contributed by atoms with van der Waals surface area (Å²) in [5.74, 6) is 1.89. The van der Waals surface area contributed by atoms with Gasteiger partial charge in [0, 0.05) is 48.4 Å². The van der Waals surface area contributed by atoms with Crippen LogP contribution in [0.3, 0.4) is 0 Å². The van der Waals surface area contributed by atoms with Gasteiger partial charge in [-0.05, 0) is 41.5 Å². The lowest BCUT2D eigenvalue weighted by atomic mass is 9.99. The van der Waals surface area contributed by atoms with Crippen LogP contribution in [0.15, 0.2) is 146 Å². The van der Waals surface area contributed by atoms with Gasteiger partial charge in [-0.3, -0.25) is 4.98 Å². The maximum absolute atomic E-state index is 4.92. The Bertz CT molecular complexity index is 2520. The van der Waals surface area contributed by atoms with Gasteiger partial charge in [-0.1, -0.05) is 103 Å². The molecule has 0 fully saturated rings. The van der Waals surface area contributed by atoms with E-state index in [0.717, 1.165) is 55.5 Å². The number of rotatable bonds is 5. The van der Waals surface area contributed by atoms with Crippen LogP contribution >= 0.6 is 11.3 Å². The van der Waals surface area contributed by atoms with Gasteiger partial charge in [0.25, 0.3) is 0 Å². The first-order chi connectivity index (χ1) is 23.3. The first kappa shape index (κ1) is 27.2. The summed E-state index contributed by atoms with van der Waals surface area (Å²) in [4.78, 5) is 28.9. The minimum atomic E-state index is 0.618. The van der Waals surface area contributed by atoms with Crippen LogP contribution in [0, 0.1) is 0 Å². The zero-order valence-electron chi connectivity index (χ0n) is 24.9. The predicted octanol–water partition coefficient (Wildman–Crippen LogP) is 9.91. The lowest BCUT2D eigenvalue weighted by Crippen LogP contribution is -2.00. The number of fused-ring (bicyclic) bond motifs is 4. The van der Waals surface area contributed by atoms with E-state index >= 15 is 0 Å². The van der Waals surface area contributed by atoms with E-state index in [0.29, 0.717) is 17.5 Å². The molecule has 9 aromatic rings. The number of aromatic nitrogens is 6. The second-order valence-electron chi connectivity index (χ2n) is 11.2. The van der Waals surface area contributed by atoms with Crippen molar-refractivity contribution in [2.45, 2.75) is 0 Å². The van der Waals surface area contributed by atoms with Crippen LogP contribution in [0.2, 0.25) is 0 Å². The minimum Gasteiger partial charge on any atom is -0.254 e. The molecule has 0 aliphatic heterocycles. The van der Waals surface area contributed by atoms with Crippen molar-refractivity contribution in [2.24, 2.45) is 0 Å². The van der Waals surface area contributed by atoms with Gasteiger partial charge in [0.05, 0.1) is 11.2 Å². The minimum absolute atomic E-state index is 0.618. The summed E-state index contributed by atoms with van der Waals surface area (Å²) in [6.07, 6.45) is 3.50. The maximum Gasteiger partial charge on any atom is 0.164 e. The topological polar surface area (TPSA) is 77.3 Å². The van der Waals surface area contributed by atoms with E-state index in [1.54, 1.807) is 17.7 Å². The summed E-state index contributed by atoms with van der Waals surface area (Å²) >= 11 is 1.78. The number of nitrogens with zero attached hydrogens (tertiary/aromatic N) is 6. The Hall–Kier alpha value is -6.18. The normalized spacial score (nSPS) is 11.4. The second-order valence-corrected chi connectivity index (χ2v) is 12.3. The Morgan fingerprint density at radius 3 is 1.81 bits per heavy atom. The van der Waals surface area contributed by atoms with E-state index in [1.165, 1.54) is 14.8 Å². The van der Waals surface area contributed by atoms with E-state index < -0.39 is 0 Å². The third kappa shape index (κ3) is 4.90. The van der Waals surface area contributed by atoms with Crippen molar-refractivity contribution in [3.8, 4) is 56.7 Å². The largest absolute Gasteiger partial charge is 0.254 e. The highest BCUT2D eigenvalue weighted by Crippen LogP contribution is 2.40. The fourth-order valence-electron chi connectivity index (χ4n) is 6.05. The van der Waals surface area contributed by atoms with E-state index in [-0.39, 0.29) is 0 Å². The summed E-state index contributed by atoms with van der Waals surface area (Å²) < 4.78 is 2.43. The fourth-order valence-corrected chi connectivity index (χ4v) is 7.15. The molecule has 47 heavy (non-hydrogen) atoms. The Balaban J connectivity index is 1.14. The van der Waals surface area contributed by atoms with Gasteiger partial charge in [-0.25, -0.2) is 24.9 Å². The van der Waals surface area contributed by atoms with Crippen molar-refractivity contribution in [1.82, 2.24) is 29.9 Å². The highest BCUT2D eigenvalue weighted by Gasteiger charge is 2.17. The van der Waals surface area contributed by atoms with E-state index in [4.69, 9.17) is 24.9 Å². The van der Waals surface area contributed by atoms with E-state index in [9.17, 15) is 0 Å². The zero-order chi connectivity index (χ0) is 31.2. The average Bonchev–Trinajstić information content (AvgIpc) is 3.54. The van der Waals surface area contributed by atoms with Crippen molar-refractivity contribution in [3.05, 3.63) is 146 Å². The first-order valence-corrected chi connectivity index (χ1v) is 16.1. The van der Waals surface area contributed by atoms with Gasteiger partial charge in [0.2, 0.25) is 0 Å². The van der Waals surface area contributed by atoms with E-state index in [2.05, 4.69) is 65.6 Å². The van der Waals surface area contributed by atoms with Gasteiger partial charge in [-0.2, -0.15) is 0 Å². The van der Waals surface area contributed by atoms with Crippen molar-refractivity contribution >= 4 is 42.4 Å². The predicted molar refractivity (Wildman–Crippen MR) is 191 cm³/mol. The number of pyridine rings is 1. The molecule has 0 saturated heterocycles. The molecule has 0 saturated carbocycles.